The van der Waals surface area contributed by atoms with Crippen molar-refractivity contribution in [2.24, 2.45) is 0 Å². The summed E-state index contributed by atoms with van der Waals surface area (Å²) in [6.07, 6.45) is 1.20. The van der Waals surface area contributed by atoms with Gasteiger partial charge in [-0.3, -0.25) is 9.52 Å². The molecule has 1 unspecified atom stereocenters. The molecule has 2 N–H and O–H groups in total. The topological polar surface area (TPSA) is 84.5 Å². The van der Waals surface area contributed by atoms with Crippen molar-refractivity contribution in [2.75, 3.05) is 16.6 Å². The van der Waals surface area contributed by atoms with E-state index in [2.05, 4.69) is 10.0 Å². The molecule has 6 nitrogen and oxygen atoms in total. The minimum absolute atomic E-state index is 0.175. The minimum atomic E-state index is -3.67. The lowest BCUT2D eigenvalue weighted by atomic mass is 10.2. The highest BCUT2D eigenvalue weighted by atomic mass is 32.2. The monoisotopic (exact) mass is 374 g/mol. The summed E-state index contributed by atoms with van der Waals surface area (Å²) in [5.41, 5.74) is 2.73. The van der Waals surface area contributed by atoms with E-state index in [4.69, 9.17) is 4.74 Å². The van der Waals surface area contributed by atoms with E-state index in [1.54, 1.807) is 43.3 Å². The number of benzene rings is 2. The first-order valence-electron chi connectivity index (χ1n) is 8.48. The SMILES string of the molecule is Cc1ccc(S(=O)(=O)Nc2ccc(NC(=O)C3CCCO3)cc2)c(C)c1. The molecule has 1 amide bonds. The van der Waals surface area contributed by atoms with Crippen molar-refractivity contribution in [3.63, 3.8) is 0 Å². The predicted octanol–water partition coefficient (Wildman–Crippen LogP) is 3.22. The average molecular weight is 374 g/mol. The van der Waals surface area contributed by atoms with Crippen molar-refractivity contribution in [3.8, 4) is 0 Å². The van der Waals surface area contributed by atoms with Crippen LogP contribution < -0.4 is 10.0 Å². The molecular formula is C19H22N2O4S. The summed E-state index contributed by atoms with van der Waals surface area (Å²) in [6.45, 7) is 4.29. The van der Waals surface area contributed by atoms with Gasteiger partial charge in [0.15, 0.2) is 0 Å². The summed E-state index contributed by atoms with van der Waals surface area (Å²) in [4.78, 5) is 12.3. The minimum Gasteiger partial charge on any atom is -0.368 e. The summed E-state index contributed by atoms with van der Waals surface area (Å²) in [5.74, 6) is -0.175. The van der Waals surface area contributed by atoms with Crippen LogP contribution in [0.3, 0.4) is 0 Å². The van der Waals surface area contributed by atoms with Gasteiger partial charge in [-0.2, -0.15) is 0 Å². The second kappa shape index (κ2) is 7.47. The lowest BCUT2D eigenvalue weighted by molar-refractivity contribution is -0.124. The number of anilines is 2. The van der Waals surface area contributed by atoms with Crippen molar-refractivity contribution in [1.29, 1.82) is 0 Å². The van der Waals surface area contributed by atoms with Crippen LogP contribution in [0.25, 0.3) is 0 Å². The van der Waals surface area contributed by atoms with Crippen LogP contribution in [0.5, 0.6) is 0 Å². The third kappa shape index (κ3) is 4.23. The van der Waals surface area contributed by atoms with Gasteiger partial charge in [-0.05, 0) is 62.6 Å². The molecular weight excluding hydrogens is 352 g/mol. The Morgan fingerprint density at radius 1 is 1.08 bits per heavy atom. The molecule has 1 atom stereocenters. The van der Waals surface area contributed by atoms with Crippen LogP contribution in [0.2, 0.25) is 0 Å². The summed E-state index contributed by atoms with van der Waals surface area (Å²) < 4.78 is 33.1. The number of carbonyl (C=O) groups excluding carboxylic acids is 1. The third-order valence-electron chi connectivity index (χ3n) is 4.25. The van der Waals surface area contributed by atoms with Gasteiger partial charge in [0.25, 0.3) is 15.9 Å². The molecule has 0 aliphatic carbocycles. The molecule has 0 radical (unpaired) electrons. The Labute approximate surface area is 153 Å². The van der Waals surface area contributed by atoms with Crippen molar-refractivity contribution in [3.05, 3.63) is 53.6 Å². The summed E-state index contributed by atoms with van der Waals surface area (Å²) in [7, 11) is -3.67. The number of aryl methyl sites for hydroxylation is 2. The maximum Gasteiger partial charge on any atom is 0.262 e. The van der Waals surface area contributed by atoms with Gasteiger partial charge in [0.1, 0.15) is 6.10 Å². The molecule has 138 valence electrons. The van der Waals surface area contributed by atoms with Crippen LogP contribution in [0.15, 0.2) is 47.4 Å². The first-order chi connectivity index (χ1) is 12.3. The molecule has 7 heteroatoms. The van der Waals surface area contributed by atoms with Gasteiger partial charge in [0.05, 0.1) is 4.90 Å². The number of rotatable bonds is 5. The van der Waals surface area contributed by atoms with Gasteiger partial charge in [0.2, 0.25) is 0 Å². The standard InChI is InChI=1S/C19H22N2O4S/c1-13-5-10-18(14(2)12-13)26(23,24)21-16-8-6-15(7-9-16)20-19(22)17-4-3-11-25-17/h5-10,12,17,21H,3-4,11H2,1-2H3,(H,20,22). The van der Waals surface area contributed by atoms with Gasteiger partial charge < -0.3 is 10.1 Å². The van der Waals surface area contributed by atoms with Crippen LogP contribution in [-0.4, -0.2) is 27.0 Å². The molecule has 26 heavy (non-hydrogen) atoms. The highest BCUT2D eigenvalue weighted by Crippen LogP contribution is 2.22. The summed E-state index contributed by atoms with van der Waals surface area (Å²) in [5, 5.41) is 2.78. The van der Waals surface area contributed by atoms with E-state index in [0.29, 0.717) is 23.5 Å². The van der Waals surface area contributed by atoms with Crippen LogP contribution in [-0.2, 0) is 19.6 Å². The Morgan fingerprint density at radius 3 is 2.38 bits per heavy atom. The molecule has 1 aliphatic rings. The van der Waals surface area contributed by atoms with Gasteiger partial charge in [0, 0.05) is 18.0 Å². The Balaban J connectivity index is 1.69. The molecule has 1 fully saturated rings. The largest absolute Gasteiger partial charge is 0.368 e. The quantitative estimate of drug-likeness (QED) is 0.842. The number of sulfonamides is 1. The van der Waals surface area contributed by atoms with Gasteiger partial charge >= 0.3 is 0 Å². The third-order valence-corrected chi connectivity index (χ3v) is 5.79. The van der Waals surface area contributed by atoms with Crippen LogP contribution >= 0.6 is 0 Å². The normalized spacial score (nSPS) is 17.1. The number of ether oxygens (including phenoxy) is 1. The molecule has 2 aromatic rings. The fourth-order valence-electron chi connectivity index (χ4n) is 2.94. The van der Waals surface area contributed by atoms with Crippen molar-refractivity contribution >= 4 is 27.3 Å². The van der Waals surface area contributed by atoms with Crippen molar-refractivity contribution in [2.45, 2.75) is 37.7 Å². The smallest absolute Gasteiger partial charge is 0.262 e. The zero-order valence-electron chi connectivity index (χ0n) is 14.8. The zero-order chi connectivity index (χ0) is 18.7. The summed E-state index contributed by atoms with van der Waals surface area (Å²) in [6, 6.07) is 11.8. The van der Waals surface area contributed by atoms with E-state index in [1.807, 2.05) is 13.0 Å². The fraction of sp³-hybridized carbons (Fsp3) is 0.316. The van der Waals surface area contributed by atoms with Crippen LogP contribution in [0, 0.1) is 13.8 Å². The number of hydrogen-bond donors (Lipinski definition) is 2. The second-order valence-electron chi connectivity index (χ2n) is 6.44. The fourth-order valence-corrected chi connectivity index (χ4v) is 4.23. The molecule has 1 aliphatic heterocycles. The van der Waals surface area contributed by atoms with E-state index in [1.165, 1.54) is 0 Å². The Hall–Kier alpha value is -2.38. The second-order valence-corrected chi connectivity index (χ2v) is 8.09. The molecule has 0 aromatic heterocycles. The first-order valence-corrected chi connectivity index (χ1v) is 9.96. The van der Waals surface area contributed by atoms with E-state index in [-0.39, 0.29) is 10.8 Å². The lowest BCUT2D eigenvalue weighted by Crippen LogP contribution is -2.26. The molecule has 0 saturated carbocycles. The number of carbonyl (C=O) groups is 1. The van der Waals surface area contributed by atoms with Gasteiger partial charge in [-0.15, -0.1) is 0 Å². The highest BCUT2D eigenvalue weighted by Gasteiger charge is 2.23. The summed E-state index contributed by atoms with van der Waals surface area (Å²) >= 11 is 0. The van der Waals surface area contributed by atoms with Crippen LogP contribution in [0.1, 0.15) is 24.0 Å². The molecule has 2 aromatic carbocycles. The maximum atomic E-state index is 12.6. The van der Waals surface area contributed by atoms with E-state index in [9.17, 15) is 13.2 Å². The van der Waals surface area contributed by atoms with E-state index < -0.39 is 16.1 Å². The number of amides is 1. The molecule has 1 heterocycles. The predicted molar refractivity (Wildman–Crippen MR) is 101 cm³/mol. The van der Waals surface area contributed by atoms with Crippen molar-refractivity contribution in [1.82, 2.24) is 0 Å². The average Bonchev–Trinajstić information content (AvgIpc) is 3.10. The Kier molecular flexibility index (Phi) is 5.29. The Morgan fingerprint density at radius 2 is 1.77 bits per heavy atom. The van der Waals surface area contributed by atoms with Gasteiger partial charge in [-0.1, -0.05) is 17.7 Å². The molecule has 3 rings (SSSR count). The van der Waals surface area contributed by atoms with Gasteiger partial charge in [-0.25, -0.2) is 8.42 Å². The molecule has 1 saturated heterocycles. The van der Waals surface area contributed by atoms with E-state index in [0.717, 1.165) is 18.4 Å². The first kappa shape index (κ1) is 18.4. The highest BCUT2D eigenvalue weighted by molar-refractivity contribution is 7.92. The number of nitrogens with one attached hydrogen (secondary N) is 2. The molecule has 0 spiro atoms. The zero-order valence-corrected chi connectivity index (χ0v) is 15.6. The lowest BCUT2D eigenvalue weighted by Gasteiger charge is -2.13. The number of hydrogen-bond acceptors (Lipinski definition) is 4. The maximum absolute atomic E-state index is 12.6. The van der Waals surface area contributed by atoms with E-state index >= 15 is 0 Å². The van der Waals surface area contributed by atoms with Crippen molar-refractivity contribution < 1.29 is 17.9 Å². The molecule has 0 bridgehead atoms. The van der Waals surface area contributed by atoms with Crippen LogP contribution in [0.4, 0.5) is 11.4 Å². The Bertz CT molecular complexity index is 902.